The first-order chi connectivity index (χ1) is 9.54. The first-order valence-electron chi connectivity index (χ1n) is 5.92. The Labute approximate surface area is 114 Å². The third-order valence-electron chi connectivity index (χ3n) is 2.67. The average molecular weight is 276 g/mol. The molecule has 0 fully saturated rings. The van der Waals surface area contributed by atoms with E-state index >= 15 is 0 Å². The predicted molar refractivity (Wildman–Crippen MR) is 69.3 cm³/mol. The van der Waals surface area contributed by atoms with Gasteiger partial charge in [0.25, 0.3) is 5.69 Å². The molecule has 2 rings (SSSR count). The summed E-state index contributed by atoms with van der Waals surface area (Å²) in [6.07, 6.45) is 0. The van der Waals surface area contributed by atoms with E-state index in [-0.39, 0.29) is 23.6 Å². The number of benzene rings is 1. The molecule has 0 atom stereocenters. The summed E-state index contributed by atoms with van der Waals surface area (Å²) in [4.78, 5) is 22.2. The summed E-state index contributed by atoms with van der Waals surface area (Å²) in [5, 5.41) is 14.6. The maximum Gasteiger partial charge on any atom is 0.344 e. The van der Waals surface area contributed by atoms with Crippen molar-refractivity contribution in [2.75, 3.05) is 6.61 Å². The molecule has 0 amide bonds. The van der Waals surface area contributed by atoms with Crippen molar-refractivity contribution < 1.29 is 19.0 Å². The standard InChI is InChI=1S/C13H12N2O5/c1-3-19-13(16)11-8(2)20-14-12(11)9-5-4-6-10(7-9)15(17)18/h4-7H,3H2,1-2H3. The number of carbonyl (C=O) groups excluding carboxylic acids is 1. The zero-order chi connectivity index (χ0) is 14.7. The van der Waals surface area contributed by atoms with E-state index in [0.29, 0.717) is 11.3 Å². The Morgan fingerprint density at radius 3 is 2.90 bits per heavy atom. The third kappa shape index (κ3) is 2.51. The Morgan fingerprint density at radius 2 is 2.25 bits per heavy atom. The minimum absolute atomic E-state index is 0.0852. The molecule has 0 saturated heterocycles. The number of aromatic nitrogens is 1. The lowest BCUT2D eigenvalue weighted by Gasteiger charge is -2.02. The lowest BCUT2D eigenvalue weighted by Crippen LogP contribution is -2.06. The van der Waals surface area contributed by atoms with E-state index in [0.717, 1.165) is 0 Å². The number of non-ortho nitro benzene ring substituents is 1. The van der Waals surface area contributed by atoms with Gasteiger partial charge in [-0.05, 0) is 13.8 Å². The van der Waals surface area contributed by atoms with Crippen LogP contribution in [0.2, 0.25) is 0 Å². The number of esters is 1. The van der Waals surface area contributed by atoms with Crippen LogP contribution in [0.25, 0.3) is 11.3 Å². The van der Waals surface area contributed by atoms with Crippen LogP contribution in [0.4, 0.5) is 5.69 Å². The van der Waals surface area contributed by atoms with Crippen LogP contribution in [0, 0.1) is 17.0 Å². The maximum atomic E-state index is 11.9. The average Bonchev–Trinajstić information content (AvgIpc) is 2.81. The Hall–Kier alpha value is -2.70. The Balaban J connectivity index is 2.51. The van der Waals surface area contributed by atoms with Crippen LogP contribution in [0.1, 0.15) is 23.0 Å². The van der Waals surface area contributed by atoms with E-state index < -0.39 is 10.9 Å². The largest absolute Gasteiger partial charge is 0.462 e. The Bertz CT molecular complexity index is 663. The summed E-state index contributed by atoms with van der Waals surface area (Å²) in [6, 6.07) is 5.83. The highest BCUT2D eigenvalue weighted by atomic mass is 16.6. The molecule has 1 aromatic carbocycles. The monoisotopic (exact) mass is 276 g/mol. The molecule has 20 heavy (non-hydrogen) atoms. The molecule has 0 radical (unpaired) electrons. The minimum atomic E-state index is -0.562. The summed E-state index contributed by atoms with van der Waals surface area (Å²) in [7, 11) is 0. The fourth-order valence-corrected chi connectivity index (χ4v) is 1.78. The molecular weight excluding hydrogens is 264 g/mol. The van der Waals surface area contributed by atoms with E-state index in [4.69, 9.17) is 9.26 Å². The summed E-state index contributed by atoms with van der Waals surface area (Å²) in [5.41, 5.74) is 0.772. The topological polar surface area (TPSA) is 95.5 Å². The van der Waals surface area contributed by atoms with Crippen LogP contribution in [-0.4, -0.2) is 22.7 Å². The van der Waals surface area contributed by atoms with Gasteiger partial charge in [-0.25, -0.2) is 4.79 Å². The molecule has 0 N–H and O–H groups in total. The van der Waals surface area contributed by atoms with Crippen LogP contribution in [-0.2, 0) is 4.74 Å². The number of ether oxygens (including phenoxy) is 1. The lowest BCUT2D eigenvalue weighted by molar-refractivity contribution is -0.384. The van der Waals surface area contributed by atoms with Gasteiger partial charge < -0.3 is 9.26 Å². The van der Waals surface area contributed by atoms with Gasteiger partial charge in [0.1, 0.15) is 17.0 Å². The number of nitro benzene ring substituents is 1. The van der Waals surface area contributed by atoms with Crippen molar-refractivity contribution in [1.29, 1.82) is 0 Å². The van der Waals surface area contributed by atoms with E-state index in [1.165, 1.54) is 18.2 Å². The quantitative estimate of drug-likeness (QED) is 0.484. The van der Waals surface area contributed by atoms with Gasteiger partial charge in [0.05, 0.1) is 11.5 Å². The van der Waals surface area contributed by atoms with Crippen molar-refractivity contribution in [2.45, 2.75) is 13.8 Å². The first kappa shape index (κ1) is 13.7. The molecule has 1 heterocycles. The second kappa shape index (κ2) is 5.52. The number of rotatable bonds is 4. The smallest absolute Gasteiger partial charge is 0.344 e. The second-order valence-electron chi connectivity index (χ2n) is 3.99. The van der Waals surface area contributed by atoms with Gasteiger partial charge in [-0.3, -0.25) is 10.1 Å². The number of aryl methyl sites for hydroxylation is 1. The molecule has 0 saturated carbocycles. The fourth-order valence-electron chi connectivity index (χ4n) is 1.78. The zero-order valence-electron chi connectivity index (χ0n) is 11.0. The summed E-state index contributed by atoms with van der Waals surface area (Å²) in [5.74, 6) is -0.252. The predicted octanol–water partition coefficient (Wildman–Crippen LogP) is 2.73. The molecule has 0 aliphatic rings. The van der Waals surface area contributed by atoms with E-state index in [1.54, 1.807) is 19.9 Å². The fraction of sp³-hybridized carbons (Fsp3) is 0.231. The number of hydrogen-bond donors (Lipinski definition) is 0. The normalized spacial score (nSPS) is 10.3. The van der Waals surface area contributed by atoms with Crippen LogP contribution >= 0.6 is 0 Å². The highest BCUT2D eigenvalue weighted by Crippen LogP contribution is 2.28. The van der Waals surface area contributed by atoms with Gasteiger partial charge in [-0.15, -0.1) is 0 Å². The second-order valence-corrected chi connectivity index (χ2v) is 3.99. The SMILES string of the molecule is CCOC(=O)c1c(-c2cccc([N+](=O)[O-])c2)noc1C. The summed E-state index contributed by atoms with van der Waals surface area (Å²) >= 11 is 0. The molecular formula is C13H12N2O5. The molecule has 0 bridgehead atoms. The molecule has 0 unspecified atom stereocenters. The first-order valence-corrected chi connectivity index (χ1v) is 5.92. The number of carbonyl (C=O) groups is 1. The van der Waals surface area contributed by atoms with Crippen molar-refractivity contribution in [3.63, 3.8) is 0 Å². The van der Waals surface area contributed by atoms with Gasteiger partial charge >= 0.3 is 5.97 Å². The number of nitrogens with zero attached hydrogens (tertiary/aromatic N) is 2. The highest BCUT2D eigenvalue weighted by molar-refractivity contribution is 5.97. The van der Waals surface area contributed by atoms with Crippen LogP contribution < -0.4 is 0 Å². The molecule has 0 spiro atoms. The van der Waals surface area contributed by atoms with Gasteiger partial charge in [0.15, 0.2) is 0 Å². The molecule has 7 nitrogen and oxygen atoms in total. The highest BCUT2D eigenvalue weighted by Gasteiger charge is 2.23. The van der Waals surface area contributed by atoms with Crippen molar-refractivity contribution in [3.05, 3.63) is 45.7 Å². The number of hydrogen-bond acceptors (Lipinski definition) is 6. The summed E-state index contributed by atoms with van der Waals surface area (Å²) in [6.45, 7) is 3.49. The number of nitro groups is 1. The minimum Gasteiger partial charge on any atom is -0.462 e. The van der Waals surface area contributed by atoms with E-state index in [2.05, 4.69) is 5.16 Å². The Morgan fingerprint density at radius 1 is 1.50 bits per heavy atom. The molecule has 1 aromatic heterocycles. The maximum absolute atomic E-state index is 11.9. The van der Waals surface area contributed by atoms with Gasteiger partial charge in [-0.2, -0.15) is 0 Å². The lowest BCUT2D eigenvalue weighted by atomic mass is 10.1. The van der Waals surface area contributed by atoms with Gasteiger partial charge in [-0.1, -0.05) is 17.3 Å². The van der Waals surface area contributed by atoms with Crippen LogP contribution in [0.3, 0.4) is 0 Å². The third-order valence-corrected chi connectivity index (χ3v) is 2.67. The summed E-state index contributed by atoms with van der Waals surface area (Å²) < 4.78 is 9.93. The van der Waals surface area contributed by atoms with Crippen molar-refractivity contribution in [1.82, 2.24) is 5.16 Å². The van der Waals surface area contributed by atoms with Crippen molar-refractivity contribution in [2.24, 2.45) is 0 Å². The van der Waals surface area contributed by atoms with Crippen LogP contribution in [0.5, 0.6) is 0 Å². The van der Waals surface area contributed by atoms with E-state index in [9.17, 15) is 14.9 Å². The van der Waals surface area contributed by atoms with E-state index in [1.807, 2.05) is 0 Å². The van der Waals surface area contributed by atoms with Crippen molar-refractivity contribution in [3.8, 4) is 11.3 Å². The molecule has 0 aliphatic heterocycles. The van der Waals surface area contributed by atoms with Crippen LogP contribution in [0.15, 0.2) is 28.8 Å². The zero-order valence-corrected chi connectivity index (χ0v) is 11.0. The van der Waals surface area contributed by atoms with Gasteiger partial charge in [0.2, 0.25) is 0 Å². The van der Waals surface area contributed by atoms with Gasteiger partial charge in [0, 0.05) is 17.7 Å². The molecule has 104 valence electrons. The molecule has 2 aromatic rings. The molecule has 0 aliphatic carbocycles. The molecule has 7 heteroatoms. The Kier molecular flexibility index (Phi) is 3.79. The van der Waals surface area contributed by atoms with Crippen molar-refractivity contribution >= 4 is 11.7 Å².